The lowest BCUT2D eigenvalue weighted by molar-refractivity contribution is 0.0749. The highest BCUT2D eigenvalue weighted by Crippen LogP contribution is 2.31. The van der Waals surface area contributed by atoms with Crippen LogP contribution in [0.1, 0.15) is 47.6 Å². The predicted molar refractivity (Wildman–Crippen MR) is 116 cm³/mol. The molecular weight excluding hydrogens is 378 g/mol. The summed E-state index contributed by atoms with van der Waals surface area (Å²) in [5, 5.41) is 7.06. The molecule has 160 valence electrons. The van der Waals surface area contributed by atoms with Gasteiger partial charge in [0.05, 0.1) is 6.54 Å². The summed E-state index contributed by atoms with van der Waals surface area (Å²) in [5.74, 6) is 2.45. The second-order valence-electron chi connectivity index (χ2n) is 8.69. The van der Waals surface area contributed by atoms with E-state index in [-0.39, 0.29) is 5.91 Å². The first-order chi connectivity index (χ1) is 14.8. The van der Waals surface area contributed by atoms with E-state index in [0.29, 0.717) is 30.7 Å². The second kappa shape index (κ2) is 8.78. The number of nitrogens with zero attached hydrogens (tertiary/aromatic N) is 3. The zero-order valence-electron chi connectivity index (χ0n) is 17.5. The molecule has 7 nitrogen and oxygen atoms in total. The Morgan fingerprint density at radius 1 is 1.13 bits per heavy atom. The number of rotatable bonds is 7. The Morgan fingerprint density at radius 3 is 2.70 bits per heavy atom. The van der Waals surface area contributed by atoms with Crippen molar-refractivity contribution in [2.24, 2.45) is 5.92 Å². The highest BCUT2D eigenvalue weighted by atomic mass is 16.5. The molecular formula is C23H31N5O2. The van der Waals surface area contributed by atoms with Gasteiger partial charge in [-0.25, -0.2) is 4.98 Å². The van der Waals surface area contributed by atoms with Crippen LogP contribution in [0.15, 0.2) is 30.3 Å². The molecule has 2 aliphatic heterocycles. The number of imidazole rings is 1. The van der Waals surface area contributed by atoms with Gasteiger partial charge in [0.15, 0.2) is 11.5 Å². The van der Waals surface area contributed by atoms with Crippen molar-refractivity contribution in [3.63, 3.8) is 0 Å². The molecule has 0 bridgehead atoms. The zero-order chi connectivity index (χ0) is 20.3. The highest BCUT2D eigenvalue weighted by molar-refractivity contribution is 5.98. The van der Waals surface area contributed by atoms with E-state index in [0.717, 1.165) is 57.3 Å². The maximum atomic E-state index is 13.5. The van der Waals surface area contributed by atoms with E-state index in [1.807, 2.05) is 23.1 Å². The predicted octanol–water partition coefficient (Wildman–Crippen LogP) is 2.48. The summed E-state index contributed by atoms with van der Waals surface area (Å²) in [5.41, 5.74) is 1.89. The lowest BCUT2D eigenvalue weighted by Gasteiger charge is -2.24. The Kier molecular flexibility index (Phi) is 5.73. The summed E-state index contributed by atoms with van der Waals surface area (Å²) in [6.07, 6.45) is 4.53. The van der Waals surface area contributed by atoms with Crippen LogP contribution in [-0.4, -0.2) is 59.2 Å². The number of carbonyl (C=O) groups excluding carboxylic acids is 1. The molecule has 7 heteroatoms. The van der Waals surface area contributed by atoms with Crippen molar-refractivity contribution in [1.29, 1.82) is 0 Å². The zero-order valence-corrected chi connectivity index (χ0v) is 17.5. The SMILES string of the molecule is O=C1c2c(nc(CNC3CCOCC3)n2Cc2ccccc2)NCCN1CC1CC1. The number of hydrogen-bond donors (Lipinski definition) is 2. The second-order valence-corrected chi connectivity index (χ2v) is 8.69. The van der Waals surface area contributed by atoms with Gasteiger partial charge in [0.2, 0.25) is 0 Å². The first-order valence-electron chi connectivity index (χ1n) is 11.3. The highest BCUT2D eigenvalue weighted by Gasteiger charge is 2.33. The number of hydrogen-bond acceptors (Lipinski definition) is 5. The van der Waals surface area contributed by atoms with Crippen molar-refractivity contribution >= 4 is 11.7 Å². The fraction of sp³-hybridized carbons (Fsp3) is 0.565. The number of amides is 1. The van der Waals surface area contributed by atoms with Gasteiger partial charge in [-0.05, 0) is 37.2 Å². The molecule has 2 fully saturated rings. The maximum Gasteiger partial charge on any atom is 0.274 e. The minimum Gasteiger partial charge on any atom is -0.381 e. The molecule has 1 aliphatic carbocycles. The van der Waals surface area contributed by atoms with Crippen LogP contribution in [0.5, 0.6) is 0 Å². The van der Waals surface area contributed by atoms with Crippen molar-refractivity contribution in [3.8, 4) is 0 Å². The molecule has 5 rings (SSSR count). The van der Waals surface area contributed by atoms with Gasteiger partial charge >= 0.3 is 0 Å². The number of fused-ring (bicyclic) bond motifs is 1. The van der Waals surface area contributed by atoms with Crippen LogP contribution in [-0.2, 0) is 17.8 Å². The Morgan fingerprint density at radius 2 is 1.93 bits per heavy atom. The number of nitrogens with one attached hydrogen (secondary N) is 2. The lowest BCUT2D eigenvalue weighted by Crippen LogP contribution is -2.37. The first kappa shape index (κ1) is 19.6. The van der Waals surface area contributed by atoms with Crippen molar-refractivity contribution < 1.29 is 9.53 Å². The average molecular weight is 410 g/mol. The maximum absolute atomic E-state index is 13.5. The fourth-order valence-electron chi connectivity index (χ4n) is 4.39. The van der Waals surface area contributed by atoms with Crippen LogP contribution in [0.4, 0.5) is 5.82 Å². The molecule has 1 saturated carbocycles. The molecule has 1 saturated heterocycles. The van der Waals surface area contributed by atoms with Gasteiger partial charge in [0.1, 0.15) is 5.82 Å². The third kappa shape index (κ3) is 4.37. The smallest absolute Gasteiger partial charge is 0.274 e. The molecule has 1 aromatic carbocycles. The molecule has 0 radical (unpaired) electrons. The molecule has 3 aliphatic rings. The number of benzene rings is 1. The standard InChI is InChI=1S/C23H31N5O2/c29-23-21-22(24-10-11-27(23)15-18-6-7-18)26-20(14-25-19-8-12-30-13-9-19)28(21)16-17-4-2-1-3-5-17/h1-5,18-19,24-25H,6-16H2. The van der Waals surface area contributed by atoms with Crippen molar-refractivity contribution in [3.05, 3.63) is 47.4 Å². The Labute approximate surface area is 177 Å². The van der Waals surface area contributed by atoms with E-state index in [2.05, 4.69) is 27.3 Å². The molecule has 0 spiro atoms. The summed E-state index contributed by atoms with van der Waals surface area (Å²) >= 11 is 0. The summed E-state index contributed by atoms with van der Waals surface area (Å²) in [7, 11) is 0. The molecule has 0 unspecified atom stereocenters. The van der Waals surface area contributed by atoms with Crippen molar-refractivity contribution in [1.82, 2.24) is 19.8 Å². The average Bonchev–Trinajstić information content (AvgIpc) is 3.56. The summed E-state index contributed by atoms with van der Waals surface area (Å²) in [4.78, 5) is 20.4. The quantitative estimate of drug-likeness (QED) is 0.735. The van der Waals surface area contributed by atoms with Gasteiger partial charge in [0.25, 0.3) is 5.91 Å². The number of ether oxygens (including phenoxy) is 1. The Bertz CT molecular complexity index is 871. The van der Waals surface area contributed by atoms with E-state index < -0.39 is 0 Å². The van der Waals surface area contributed by atoms with Gasteiger partial charge in [0, 0.05) is 45.4 Å². The third-order valence-corrected chi connectivity index (χ3v) is 6.34. The molecule has 30 heavy (non-hydrogen) atoms. The molecule has 2 N–H and O–H groups in total. The Balaban J connectivity index is 1.43. The van der Waals surface area contributed by atoms with Crippen LogP contribution in [0.2, 0.25) is 0 Å². The monoisotopic (exact) mass is 409 g/mol. The van der Waals surface area contributed by atoms with E-state index >= 15 is 0 Å². The van der Waals surface area contributed by atoms with Crippen LogP contribution in [0, 0.1) is 5.92 Å². The van der Waals surface area contributed by atoms with E-state index in [4.69, 9.17) is 9.72 Å². The number of aromatic nitrogens is 2. The van der Waals surface area contributed by atoms with E-state index in [9.17, 15) is 4.79 Å². The normalized spacial score (nSPS) is 20.0. The van der Waals surface area contributed by atoms with Crippen LogP contribution >= 0.6 is 0 Å². The van der Waals surface area contributed by atoms with Gasteiger partial charge in [-0.15, -0.1) is 0 Å². The van der Waals surface area contributed by atoms with Crippen LogP contribution in [0.3, 0.4) is 0 Å². The van der Waals surface area contributed by atoms with Crippen LogP contribution < -0.4 is 10.6 Å². The molecule has 1 amide bonds. The number of anilines is 1. The topological polar surface area (TPSA) is 71.4 Å². The molecule has 1 aromatic heterocycles. The van der Waals surface area contributed by atoms with Gasteiger partial charge in [-0.2, -0.15) is 0 Å². The minimum atomic E-state index is 0.114. The largest absolute Gasteiger partial charge is 0.381 e. The summed E-state index contributed by atoms with van der Waals surface area (Å²) < 4.78 is 7.60. The number of carbonyl (C=O) groups is 1. The summed E-state index contributed by atoms with van der Waals surface area (Å²) in [6, 6.07) is 10.8. The van der Waals surface area contributed by atoms with Crippen molar-refractivity contribution in [2.45, 2.75) is 44.8 Å². The lowest BCUT2D eigenvalue weighted by atomic mass is 10.1. The van der Waals surface area contributed by atoms with Gasteiger partial charge in [-0.1, -0.05) is 30.3 Å². The Hall–Kier alpha value is -2.38. The molecule has 0 atom stereocenters. The van der Waals surface area contributed by atoms with Crippen LogP contribution in [0.25, 0.3) is 0 Å². The van der Waals surface area contributed by atoms with Gasteiger partial charge in [-0.3, -0.25) is 4.79 Å². The van der Waals surface area contributed by atoms with Crippen molar-refractivity contribution in [2.75, 3.05) is 38.2 Å². The van der Waals surface area contributed by atoms with E-state index in [1.54, 1.807) is 0 Å². The fourth-order valence-corrected chi connectivity index (χ4v) is 4.39. The van der Waals surface area contributed by atoms with Gasteiger partial charge < -0.3 is 24.8 Å². The molecule has 3 heterocycles. The first-order valence-corrected chi connectivity index (χ1v) is 11.3. The minimum absolute atomic E-state index is 0.114. The summed E-state index contributed by atoms with van der Waals surface area (Å²) in [6.45, 7) is 5.28. The third-order valence-electron chi connectivity index (χ3n) is 6.34. The van der Waals surface area contributed by atoms with E-state index in [1.165, 1.54) is 18.4 Å². The molecule has 2 aromatic rings.